The van der Waals surface area contributed by atoms with Crippen molar-refractivity contribution in [3.05, 3.63) is 24.3 Å². The van der Waals surface area contributed by atoms with Gasteiger partial charge < -0.3 is 68.9 Å². The molecule has 0 bridgehead atoms. The van der Waals surface area contributed by atoms with Crippen LogP contribution < -0.4 is 26.3 Å². The van der Waals surface area contributed by atoms with Crippen LogP contribution in [0.3, 0.4) is 0 Å². The Morgan fingerprint density at radius 3 is 1.78 bits per heavy atom. The van der Waals surface area contributed by atoms with Gasteiger partial charge in [-0.2, -0.15) is 0 Å². The van der Waals surface area contributed by atoms with Crippen molar-refractivity contribution in [3.63, 3.8) is 0 Å². The molecule has 306 valence electrons. The van der Waals surface area contributed by atoms with E-state index in [-0.39, 0.29) is 5.75 Å². The molecule has 24 heteroatoms. The van der Waals surface area contributed by atoms with Crippen molar-refractivity contribution in [3.8, 4) is 11.5 Å². The van der Waals surface area contributed by atoms with E-state index in [1.165, 1.54) is 31.4 Å². The number of carbonyl (C=O) groups is 7. The van der Waals surface area contributed by atoms with Crippen LogP contribution in [0.4, 0.5) is 9.59 Å². The molecular weight excluding hydrogens is 809 g/mol. The number of rotatable bonds is 14. The predicted octanol–water partition coefficient (Wildman–Crippen LogP) is 0.681. The zero-order valence-electron chi connectivity index (χ0n) is 29.6. The van der Waals surface area contributed by atoms with Crippen LogP contribution in [-0.2, 0) is 66.6 Å². The molecule has 2 saturated heterocycles. The third kappa shape index (κ3) is 13.6. The minimum Gasteiger partial charge on any atom is -0.497 e. The molecule has 1 aromatic carbocycles. The minimum atomic E-state index is -2.09. The number of hydrogen-bond acceptors (Lipinski definition) is 18. The Balaban J connectivity index is 2.24. The average molecular weight is 847 g/mol. The highest BCUT2D eigenvalue weighted by Gasteiger charge is 2.58. The van der Waals surface area contributed by atoms with Gasteiger partial charge >= 0.3 is 36.1 Å². The first-order valence-electron chi connectivity index (χ1n) is 15.9. The molecule has 4 unspecified atom stereocenters. The van der Waals surface area contributed by atoms with Gasteiger partial charge in [0.05, 0.1) is 7.11 Å². The summed E-state index contributed by atoms with van der Waals surface area (Å²) in [6.45, 7) is 2.54. The summed E-state index contributed by atoms with van der Waals surface area (Å²) in [5, 5.41) is 2.33. The fourth-order valence-corrected chi connectivity index (χ4v) is 5.47. The number of esters is 4. The zero-order chi connectivity index (χ0) is 41.2. The van der Waals surface area contributed by atoms with Crippen molar-refractivity contribution in [2.24, 2.45) is 11.5 Å². The summed E-state index contributed by atoms with van der Waals surface area (Å²) in [7, 11) is 1.41. The zero-order valence-corrected chi connectivity index (χ0v) is 31.9. The molecule has 0 aliphatic carbocycles. The number of nitrogens with one attached hydrogen (secondary N) is 1. The molecule has 0 aromatic heterocycles. The van der Waals surface area contributed by atoms with Crippen LogP contribution in [0.2, 0.25) is 0 Å². The van der Waals surface area contributed by atoms with Crippen LogP contribution in [0.5, 0.6) is 11.5 Å². The van der Waals surface area contributed by atoms with Gasteiger partial charge in [0.15, 0.2) is 42.9 Å². The van der Waals surface area contributed by atoms with E-state index < -0.39 is 120 Å². The number of hydrogen-bond donors (Lipinski definition) is 3. The molecule has 1 aromatic rings. The lowest BCUT2D eigenvalue weighted by Gasteiger charge is -2.48. The van der Waals surface area contributed by atoms with Gasteiger partial charge in [0.1, 0.15) is 36.9 Å². The number of halogens is 3. The SMILES string of the molecule is COc1ccc(O[C@@H]2OC(C(N)=O)[C@@H](OC(C)=O)[C@H](OC(N)=O)C2O[C@@H]2OC(COC(C)=O)[C@@H](OC(C)=O)C(OC(C)=O)[C@@H]2NC(=O)OCC(Cl)(Cl)Cl)cc1. The van der Waals surface area contributed by atoms with Crippen molar-refractivity contribution in [2.75, 3.05) is 20.3 Å². The Hall–Kier alpha value is -4.54. The number of methoxy groups -OCH3 is 1. The second-order valence-corrected chi connectivity index (χ2v) is 14.1. The van der Waals surface area contributed by atoms with Gasteiger partial charge in [-0.05, 0) is 24.3 Å². The summed E-state index contributed by atoms with van der Waals surface area (Å²) < 4.78 is 58.9. The van der Waals surface area contributed by atoms with Crippen LogP contribution in [0.1, 0.15) is 27.7 Å². The van der Waals surface area contributed by atoms with Crippen molar-refractivity contribution in [1.82, 2.24) is 5.32 Å². The van der Waals surface area contributed by atoms with Crippen LogP contribution in [-0.4, -0.2) is 127 Å². The number of nitrogens with two attached hydrogens (primary N) is 2. The predicted molar refractivity (Wildman–Crippen MR) is 181 cm³/mol. The fraction of sp³-hybridized carbons (Fsp3) is 0.581. The van der Waals surface area contributed by atoms with Gasteiger partial charge in [0.2, 0.25) is 10.1 Å². The maximum absolute atomic E-state index is 13.1. The molecule has 21 nitrogen and oxygen atoms in total. The fourth-order valence-electron chi connectivity index (χ4n) is 5.31. The third-order valence-electron chi connectivity index (χ3n) is 7.29. The van der Waals surface area contributed by atoms with E-state index in [0.717, 1.165) is 27.7 Å². The van der Waals surface area contributed by atoms with E-state index in [1.807, 2.05) is 0 Å². The Bertz CT molecular complexity index is 1560. The van der Waals surface area contributed by atoms with E-state index in [4.69, 9.17) is 98.4 Å². The minimum absolute atomic E-state index is 0.0429. The second kappa shape index (κ2) is 19.9. The lowest BCUT2D eigenvalue weighted by Crippen LogP contribution is -2.70. The molecular formula is C31H38Cl3N3O18. The largest absolute Gasteiger partial charge is 0.497 e. The lowest BCUT2D eigenvalue weighted by atomic mass is 9.94. The van der Waals surface area contributed by atoms with E-state index in [9.17, 15) is 33.6 Å². The van der Waals surface area contributed by atoms with Gasteiger partial charge in [-0.1, -0.05) is 34.8 Å². The highest BCUT2D eigenvalue weighted by Crippen LogP contribution is 2.35. The molecule has 5 N–H and O–H groups in total. The Kier molecular flexibility index (Phi) is 16.2. The smallest absolute Gasteiger partial charge is 0.407 e. The van der Waals surface area contributed by atoms with Gasteiger partial charge in [0.25, 0.3) is 5.91 Å². The molecule has 0 spiro atoms. The van der Waals surface area contributed by atoms with Crippen LogP contribution >= 0.6 is 34.8 Å². The number of carbonyl (C=O) groups excluding carboxylic acids is 7. The van der Waals surface area contributed by atoms with Crippen molar-refractivity contribution in [1.29, 1.82) is 0 Å². The molecule has 3 rings (SSSR count). The second-order valence-electron chi connectivity index (χ2n) is 11.6. The number of alkyl carbamates (subject to hydrolysis) is 1. The van der Waals surface area contributed by atoms with Crippen LogP contribution in [0.15, 0.2) is 24.3 Å². The first-order valence-corrected chi connectivity index (χ1v) is 17.0. The van der Waals surface area contributed by atoms with Crippen molar-refractivity contribution in [2.45, 2.75) is 92.8 Å². The first kappa shape index (κ1) is 44.9. The highest BCUT2D eigenvalue weighted by molar-refractivity contribution is 6.67. The number of ether oxygens (including phenoxy) is 11. The molecule has 3 amide bonds. The standard InChI is InChI=1S/C31H38Cl3N3O18/c1-12(38)46-10-18-20(48-13(2)39)21(49-14(3)40)19(37-30(44)47-11-31(32,33)34)27(52-18)54-25-23(55-29(36)43)22(50-15(4)41)24(26(35)42)53-28(25)51-17-8-6-16(45-5)7-9-17/h6-9,18-25,27-28H,10-11H2,1-5H3,(H2,35,42)(H2,36,43)(H,37,44)/t18?,19-,20+,21?,22-,23-,24?,25?,27-,28+/m0/s1. The molecule has 2 fully saturated rings. The Morgan fingerprint density at radius 1 is 0.709 bits per heavy atom. The summed E-state index contributed by atoms with van der Waals surface area (Å²) in [5.41, 5.74) is 11.0. The molecule has 2 heterocycles. The summed E-state index contributed by atoms with van der Waals surface area (Å²) >= 11 is 17.2. The summed E-state index contributed by atoms with van der Waals surface area (Å²) in [6, 6.07) is 4.03. The number of primary amides is 2. The van der Waals surface area contributed by atoms with Gasteiger partial charge in [0, 0.05) is 27.7 Å². The highest BCUT2D eigenvalue weighted by atomic mass is 35.6. The summed E-state index contributed by atoms with van der Waals surface area (Å²) in [4.78, 5) is 87.0. The maximum Gasteiger partial charge on any atom is 0.407 e. The lowest BCUT2D eigenvalue weighted by molar-refractivity contribution is -0.338. The molecule has 10 atom stereocenters. The van der Waals surface area contributed by atoms with E-state index in [1.54, 1.807) is 0 Å². The quantitative estimate of drug-likeness (QED) is 0.132. The molecule has 55 heavy (non-hydrogen) atoms. The maximum atomic E-state index is 13.1. The van der Waals surface area contributed by atoms with E-state index in [2.05, 4.69) is 5.32 Å². The normalized spacial score (nSPS) is 27.6. The monoisotopic (exact) mass is 845 g/mol. The van der Waals surface area contributed by atoms with E-state index >= 15 is 0 Å². The number of amides is 3. The molecule has 0 radical (unpaired) electrons. The van der Waals surface area contributed by atoms with Crippen molar-refractivity contribution >= 4 is 76.8 Å². The summed E-state index contributed by atoms with van der Waals surface area (Å²) in [6.07, 6.45) is -19.0. The molecule has 2 aliphatic rings. The van der Waals surface area contributed by atoms with E-state index in [0.29, 0.717) is 5.75 Å². The summed E-state index contributed by atoms with van der Waals surface area (Å²) in [5.74, 6) is -4.48. The number of benzene rings is 1. The van der Waals surface area contributed by atoms with Crippen LogP contribution in [0, 0.1) is 0 Å². The first-order chi connectivity index (χ1) is 25.7. The van der Waals surface area contributed by atoms with Crippen LogP contribution in [0.25, 0.3) is 0 Å². The van der Waals surface area contributed by atoms with Gasteiger partial charge in [-0.3, -0.25) is 24.0 Å². The van der Waals surface area contributed by atoms with Gasteiger partial charge in [-0.25, -0.2) is 9.59 Å². The topological polar surface area (TPSA) is 285 Å². The Labute approximate surface area is 327 Å². The molecule has 0 saturated carbocycles. The average Bonchev–Trinajstić information content (AvgIpc) is 3.06. The third-order valence-corrected chi connectivity index (χ3v) is 7.61. The molecule has 2 aliphatic heterocycles. The number of alkyl halides is 3. The van der Waals surface area contributed by atoms with Gasteiger partial charge in [-0.15, -0.1) is 0 Å². The van der Waals surface area contributed by atoms with Crippen molar-refractivity contribution < 1.29 is 85.7 Å². The Morgan fingerprint density at radius 2 is 1.27 bits per heavy atom.